The van der Waals surface area contributed by atoms with E-state index in [2.05, 4.69) is 68.3 Å². The van der Waals surface area contributed by atoms with Crippen LogP contribution >= 0.6 is 0 Å². The highest BCUT2D eigenvalue weighted by molar-refractivity contribution is 5.25. The average molecular weight is 326 g/mol. The Morgan fingerprint density at radius 2 is 2.00 bits per heavy atom. The van der Waals surface area contributed by atoms with Gasteiger partial charge in [0.25, 0.3) is 0 Å². The standard InChI is InChI=1S/C21H31N3/c1-5-10-19(22)17(4)24-21-15(2)11-9-14-20(21)23-16(3)18-12-7-6-8-13-18/h5-8,10,12-13,16-17,20,23-24H,1,9,11,14,22H2,2-4H3/b19-10+/t16-,17?,20-/m1/s1. The monoisotopic (exact) mass is 325 g/mol. The van der Waals surface area contributed by atoms with Crippen molar-refractivity contribution in [2.45, 2.75) is 58.2 Å². The topological polar surface area (TPSA) is 50.1 Å². The summed E-state index contributed by atoms with van der Waals surface area (Å²) >= 11 is 0. The van der Waals surface area contributed by atoms with Crippen molar-refractivity contribution in [1.29, 1.82) is 0 Å². The molecule has 1 aromatic rings. The van der Waals surface area contributed by atoms with Gasteiger partial charge in [-0.25, -0.2) is 0 Å². The first-order chi connectivity index (χ1) is 11.5. The summed E-state index contributed by atoms with van der Waals surface area (Å²) in [6.45, 7) is 10.3. The molecule has 0 heterocycles. The molecule has 3 atom stereocenters. The van der Waals surface area contributed by atoms with Crippen molar-refractivity contribution in [2.24, 2.45) is 5.73 Å². The van der Waals surface area contributed by atoms with Gasteiger partial charge in [-0.3, -0.25) is 0 Å². The lowest BCUT2D eigenvalue weighted by molar-refractivity contribution is 0.415. The molecule has 4 N–H and O–H groups in total. The lowest BCUT2D eigenvalue weighted by atomic mass is 9.91. The first-order valence-electron chi connectivity index (χ1n) is 8.88. The van der Waals surface area contributed by atoms with E-state index >= 15 is 0 Å². The molecule has 1 unspecified atom stereocenters. The van der Waals surface area contributed by atoms with Crippen LogP contribution in [0.5, 0.6) is 0 Å². The molecule has 0 aliphatic heterocycles. The summed E-state index contributed by atoms with van der Waals surface area (Å²) in [5.41, 5.74) is 11.0. The van der Waals surface area contributed by atoms with Gasteiger partial charge in [0.1, 0.15) is 0 Å². The van der Waals surface area contributed by atoms with Gasteiger partial charge in [0, 0.05) is 23.5 Å². The normalized spacial score (nSPS) is 21.3. The Balaban J connectivity index is 2.11. The fourth-order valence-corrected chi connectivity index (χ4v) is 3.27. The van der Waals surface area contributed by atoms with E-state index in [1.165, 1.54) is 23.3 Å². The maximum absolute atomic E-state index is 6.11. The Hall–Kier alpha value is -2.00. The van der Waals surface area contributed by atoms with E-state index in [9.17, 15) is 0 Å². The molecule has 1 aliphatic rings. The molecule has 0 saturated carbocycles. The van der Waals surface area contributed by atoms with Crippen LogP contribution in [0.3, 0.4) is 0 Å². The minimum atomic E-state index is 0.0994. The summed E-state index contributed by atoms with van der Waals surface area (Å²) in [5.74, 6) is 0. The average Bonchev–Trinajstić information content (AvgIpc) is 2.58. The van der Waals surface area contributed by atoms with Crippen molar-refractivity contribution < 1.29 is 0 Å². The number of hydrogen-bond acceptors (Lipinski definition) is 3. The van der Waals surface area contributed by atoms with Gasteiger partial charge >= 0.3 is 0 Å². The Morgan fingerprint density at radius 1 is 1.29 bits per heavy atom. The van der Waals surface area contributed by atoms with E-state index in [-0.39, 0.29) is 6.04 Å². The van der Waals surface area contributed by atoms with Gasteiger partial charge in [-0.1, -0.05) is 48.6 Å². The molecular formula is C21H31N3. The summed E-state index contributed by atoms with van der Waals surface area (Å²) in [7, 11) is 0. The molecule has 0 amide bonds. The first-order valence-corrected chi connectivity index (χ1v) is 8.88. The number of nitrogens with one attached hydrogen (secondary N) is 2. The van der Waals surface area contributed by atoms with Gasteiger partial charge in [-0.05, 0) is 51.7 Å². The van der Waals surface area contributed by atoms with E-state index in [0.29, 0.717) is 12.1 Å². The number of nitrogens with two attached hydrogens (primary N) is 1. The maximum atomic E-state index is 6.11. The second-order valence-corrected chi connectivity index (χ2v) is 6.71. The second kappa shape index (κ2) is 8.74. The lowest BCUT2D eigenvalue weighted by Crippen LogP contribution is -2.44. The van der Waals surface area contributed by atoms with Gasteiger partial charge < -0.3 is 16.4 Å². The Kier molecular flexibility index (Phi) is 6.68. The highest BCUT2D eigenvalue weighted by Crippen LogP contribution is 2.26. The van der Waals surface area contributed by atoms with Crippen molar-refractivity contribution in [3.63, 3.8) is 0 Å². The predicted molar refractivity (Wildman–Crippen MR) is 103 cm³/mol. The molecule has 130 valence electrons. The molecule has 0 aromatic heterocycles. The fourth-order valence-electron chi connectivity index (χ4n) is 3.27. The smallest absolute Gasteiger partial charge is 0.0627 e. The SMILES string of the molecule is C=C/C=C(/N)C(C)NC1=C(C)CCC[C@H]1N[C@H](C)c1ccccc1. The molecule has 3 heteroatoms. The zero-order valence-corrected chi connectivity index (χ0v) is 15.2. The third-order valence-corrected chi connectivity index (χ3v) is 4.79. The third-order valence-electron chi connectivity index (χ3n) is 4.79. The van der Waals surface area contributed by atoms with Crippen molar-refractivity contribution in [1.82, 2.24) is 10.6 Å². The zero-order valence-electron chi connectivity index (χ0n) is 15.2. The summed E-state index contributed by atoms with van der Waals surface area (Å²) in [4.78, 5) is 0. The van der Waals surface area contributed by atoms with Crippen molar-refractivity contribution >= 4 is 0 Å². The van der Waals surface area contributed by atoms with Gasteiger partial charge in [0.05, 0.1) is 6.04 Å². The van der Waals surface area contributed by atoms with Gasteiger partial charge in [0.2, 0.25) is 0 Å². The van der Waals surface area contributed by atoms with Crippen molar-refractivity contribution in [3.8, 4) is 0 Å². The minimum Gasteiger partial charge on any atom is -0.400 e. The van der Waals surface area contributed by atoms with Crippen LogP contribution in [0.4, 0.5) is 0 Å². The number of benzene rings is 1. The maximum Gasteiger partial charge on any atom is 0.0627 e. The summed E-state index contributed by atoms with van der Waals surface area (Å²) in [6, 6.07) is 11.4. The largest absolute Gasteiger partial charge is 0.400 e. The quantitative estimate of drug-likeness (QED) is 0.659. The van der Waals surface area contributed by atoms with Crippen LogP contribution in [-0.4, -0.2) is 12.1 Å². The van der Waals surface area contributed by atoms with Gasteiger partial charge in [0.15, 0.2) is 0 Å². The van der Waals surface area contributed by atoms with Gasteiger partial charge in [-0.15, -0.1) is 0 Å². The van der Waals surface area contributed by atoms with E-state index in [1.807, 2.05) is 6.08 Å². The van der Waals surface area contributed by atoms with Crippen LogP contribution in [0, 0.1) is 0 Å². The first kappa shape index (κ1) is 18.3. The zero-order chi connectivity index (χ0) is 17.5. The summed E-state index contributed by atoms with van der Waals surface area (Å²) in [5, 5.41) is 7.43. The molecule has 0 bridgehead atoms. The molecule has 24 heavy (non-hydrogen) atoms. The van der Waals surface area contributed by atoms with E-state index in [1.54, 1.807) is 6.08 Å². The van der Waals surface area contributed by atoms with Crippen molar-refractivity contribution in [3.05, 3.63) is 71.6 Å². The van der Waals surface area contributed by atoms with E-state index in [4.69, 9.17) is 5.73 Å². The third kappa shape index (κ3) is 4.75. The number of hydrogen-bond donors (Lipinski definition) is 3. The van der Waals surface area contributed by atoms with Gasteiger partial charge in [-0.2, -0.15) is 0 Å². The lowest BCUT2D eigenvalue weighted by Gasteiger charge is -2.33. The van der Waals surface area contributed by atoms with Crippen LogP contribution in [0.1, 0.15) is 51.6 Å². The molecule has 1 aromatic carbocycles. The van der Waals surface area contributed by atoms with Crippen LogP contribution in [0.25, 0.3) is 0 Å². The molecule has 3 nitrogen and oxygen atoms in total. The predicted octanol–water partition coefficient (Wildman–Crippen LogP) is 4.17. The van der Waals surface area contributed by atoms with Crippen LogP contribution in [0.2, 0.25) is 0 Å². The highest BCUT2D eigenvalue weighted by atomic mass is 15.0. The summed E-state index contributed by atoms with van der Waals surface area (Å²) < 4.78 is 0. The molecule has 0 spiro atoms. The van der Waals surface area contributed by atoms with Crippen LogP contribution < -0.4 is 16.4 Å². The molecule has 0 fully saturated rings. The molecular weight excluding hydrogens is 294 g/mol. The Bertz CT molecular complexity index is 601. The number of allylic oxidation sites excluding steroid dienone is 3. The number of rotatable bonds is 7. The second-order valence-electron chi connectivity index (χ2n) is 6.71. The molecule has 2 rings (SSSR count). The summed E-state index contributed by atoms with van der Waals surface area (Å²) in [6.07, 6.45) is 7.13. The van der Waals surface area contributed by atoms with E-state index < -0.39 is 0 Å². The highest BCUT2D eigenvalue weighted by Gasteiger charge is 2.24. The van der Waals surface area contributed by atoms with Crippen LogP contribution in [0.15, 0.2) is 66.0 Å². The molecule has 0 saturated heterocycles. The molecule has 1 aliphatic carbocycles. The Morgan fingerprint density at radius 3 is 2.67 bits per heavy atom. The Labute approximate surface area is 146 Å². The minimum absolute atomic E-state index is 0.0994. The van der Waals surface area contributed by atoms with Crippen molar-refractivity contribution in [2.75, 3.05) is 0 Å². The van der Waals surface area contributed by atoms with E-state index in [0.717, 1.165) is 18.5 Å². The fraction of sp³-hybridized carbons (Fsp3) is 0.429. The van der Waals surface area contributed by atoms with Crippen LogP contribution in [-0.2, 0) is 0 Å². The molecule has 0 radical (unpaired) electrons.